The maximum Gasteiger partial charge on any atom is 0.115 e. The quantitative estimate of drug-likeness (QED) is 0.815. The van der Waals surface area contributed by atoms with Crippen molar-refractivity contribution in [2.24, 2.45) is 5.92 Å². The van der Waals surface area contributed by atoms with E-state index in [1.165, 1.54) is 17.5 Å². The van der Waals surface area contributed by atoms with Gasteiger partial charge < -0.3 is 5.11 Å². The van der Waals surface area contributed by atoms with E-state index in [1.807, 2.05) is 12.1 Å². The molecule has 0 fully saturated rings. The van der Waals surface area contributed by atoms with Gasteiger partial charge in [0.15, 0.2) is 0 Å². The van der Waals surface area contributed by atoms with Gasteiger partial charge in [-0.15, -0.1) is 0 Å². The van der Waals surface area contributed by atoms with Crippen molar-refractivity contribution in [3.63, 3.8) is 0 Å². The van der Waals surface area contributed by atoms with Crippen LogP contribution < -0.4 is 0 Å². The van der Waals surface area contributed by atoms with Crippen LogP contribution in [0.25, 0.3) is 0 Å². The van der Waals surface area contributed by atoms with Crippen LogP contribution in [0.1, 0.15) is 37.3 Å². The van der Waals surface area contributed by atoms with E-state index in [0.29, 0.717) is 17.6 Å². The molecule has 0 saturated carbocycles. The molecule has 0 saturated heterocycles. The van der Waals surface area contributed by atoms with Crippen LogP contribution in [0.5, 0.6) is 5.75 Å². The molecule has 0 radical (unpaired) electrons. The molecule has 0 aliphatic heterocycles. The maximum atomic E-state index is 9.28. The molecule has 0 bridgehead atoms. The average Bonchev–Trinajstić information content (AvgIpc) is 2.42. The minimum absolute atomic E-state index is 0.342. The van der Waals surface area contributed by atoms with Crippen molar-refractivity contribution in [2.45, 2.75) is 32.6 Å². The lowest BCUT2D eigenvalue weighted by molar-refractivity contribution is 0.471. The van der Waals surface area contributed by atoms with Gasteiger partial charge in [0.1, 0.15) is 5.75 Å². The van der Waals surface area contributed by atoms with E-state index in [2.05, 4.69) is 44.2 Å². The van der Waals surface area contributed by atoms with Crippen LogP contribution in [-0.2, 0) is 6.42 Å². The number of aromatic hydroxyl groups is 1. The number of hydrogen-bond acceptors (Lipinski definition) is 1. The van der Waals surface area contributed by atoms with Gasteiger partial charge in [0.05, 0.1) is 0 Å². The summed E-state index contributed by atoms with van der Waals surface area (Å²) in [5, 5.41) is 9.28. The predicted octanol–water partition coefficient (Wildman–Crippen LogP) is 4.76. The van der Waals surface area contributed by atoms with E-state index in [9.17, 15) is 5.11 Å². The minimum atomic E-state index is 0.342. The Hall–Kier alpha value is -1.76. The number of hydrogen-bond donors (Lipinski definition) is 1. The minimum Gasteiger partial charge on any atom is -0.508 e. The van der Waals surface area contributed by atoms with Gasteiger partial charge in [-0.2, -0.15) is 0 Å². The summed E-state index contributed by atoms with van der Waals surface area (Å²) in [6.07, 6.45) is 2.25. The smallest absolute Gasteiger partial charge is 0.115 e. The monoisotopic (exact) mass is 254 g/mol. The van der Waals surface area contributed by atoms with Crippen LogP contribution in [0.3, 0.4) is 0 Å². The summed E-state index contributed by atoms with van der Waals surface area (Å²) < 4.78 is 0. The van der Waals surface area contributed by atoms with Crippen LogP contribution in [-0.4, -0.2) is 5.11 Å². The zero-order chi connectivity index (χ0) is 13.7. The SMILES string of the molecule is C[C@H](Cc1ccc(O)cc1)C[C@H](C)c1ccccc1. The molecule has 0 aliphatic carbocycles. The summed E-state index contributed by atoms with van der Waals surface area (Å²) in [7, 11) is 0. The first kappa shape index (κ1) is 13.7. The van der Waals surface area contributed by atoms with Gasteiger partial charge in [-0.3, -0.25) is 0 Å². The second-order valence-electron chi connectivity index (χ2n) is 5.52. The first-order valence-corrected chi connectivity index (χ1v) is 6.98. The molecule has 2 atom stereocenters. The molecular weight excluding hydrogens is 232 g/mol. The zero-order valence-electron chi connectivity index (χ0n) is 11.7. The molecule has 1 N–H and O–H groups in total. The molecule has 0 heterocycles. The molecule has 0 spiro atoms. The van der Waals surface area contributed by atoms with Crippen molar-refractivity contribution in [1.29, 1.82) is 0 Å². The van der Waals surface area contributed by atoms with E-state index in [-0.39, 0.29) is 0 Å². The lowest BCUT2D eigenvalue weighted by atomic mass is 9.88. The van der Waals surface area contributed by atoms with E-state index in [4.69, 9.17) is 0 Å². The molecule has 0 aromatic heterocycles. The van der Waals surface area contributed by atoms with Crippen molar-refractivity contribution >= 4 is 0 Å². The summed E-state index contributed by atoms with van der Waals surface area (Å²) in [6, 6.07) is 18.3. The fourth-order valence-electron chi connectivity index (χ4n) is 2.64. The second-order valence-corrected chi connectivity index (χ2v) is 5.52. The van der Waals surface area contributed by atoms with Crippen LogP contribution in [0.15, 0.2) is 54.6 Å². The van der Waals surface area contributed by atoms with Crippen LogP contribution in [0.2, 0.25) is 0 Å². The first-order chi connectivity index (χ1) is 9.15. The van der Waals surface area contributed by atoms with Gasteiger partial charge in [0.2, 0.25) is 0 Å². The Morgan fingerprint density at radius 2 is 1.53 bits per heavy atom. The highest BCUT2D eigenvalue weighted by molar-refractivity contribution is 5.26. The van der Waals surface area contributed by atoms with E-state index in [1.54, 1.807) is 12.1 Å². The van der Waals surface area contributed by atoms with Crippen LogP contribution in [0.4, 0.5) is 0 Å². The Balaban J connectivity index is 1.90. The molecule has 2 aromatic rings. The Morgan fingerprint density at radius 1 is 0.895 bits per heavy atom. The second kappa shape index (κ2) is 6.42. The summed E-state index contributed by atoms with van der Waals surface area (Å²) in [5.74, 6) is 1.57. The van der Waals surface area contributed by atoms with Crippen molar-refractivity contribution in [3.8, 4) is 5.75 Å². The lowest BCUT2D eigenvalue weighted by Gasteiger charge is -2.17. The number of phenols is 1. The molecule has 19 heavy (non-hydrogen) atoms. The number of benzene rings is 2. The standard InChI is InChI=1S/C18H22O/c1-14(13-16-8-10-18(19)11-9-16)12-15(2)17-6-4-3-5-7-17/h3-11,14-15,19H,12-13H2,1-2H3/t14-,15-/m0/s1. The average molecular weight is 254 g/mol. The third-order valence-electron chi connectivity index (χ3n) is 3.65. The van der Waals surface area contributed by atoms with E-state index >= 15 is 0 Å². The van der Waals surface area contributed by atoms with E-state index in [0.717, 1.165) is 6.42 Å². The largest absolute Gasteiger partial charge is 0.508 e. The molecule has 2 aromatic carbocycles. The predicted molar refractivity (Wildman–Crippen MR) is 80.4 cm³/mol. The summed E-state index contributed by atoms with van der Waals surface area (Å²) in [5.41, 5.74) is 2.71. The van der Waals surface area contributed by atoms with Crippen molar-refractivity contribution < 1.29 is 5.11 Å². The molecule has 0 amide bonds. The highest BCUT2D eigenvalue weighted by atomic mass is 16.3. The molecular formula is C18H22O. The Labute approximate surface area is 115 Å². The van der Waals surface area contributed by atoms with Crippen LogP contribution in [0, 0.1) is 5.92 Å². The lowest BCUT2D eigenvalue weighted by Crippen LogP contribution is -2.05. The van der Waals surface area contributed by atoms with Gasteiger partial charge >= 0.3 is 0 Å². The molecule has 0 aliphatic rings. The number of rotatable bonds is 5. The molecule has 1 nitrogen and oxygen atoms in total. The highest BCUT2D eigenvalue weighted by Gasteiger charge is 2.11. The normalized spacial score (nSPS) is 14.0. The fourth-order valence-corrected chi connectivity index (χ4v) is 2.64. The molecule has 1 heteroatoms. The molecule has 100 valence electrons. The topological polar surface area (TPSA) is 20.2 Å². The maximum absolute atomic E-state index is 9.28. The Kier molecular flexibility index (Phi) is 4.62. The number of phenolic OH excluding ortho intramolecular Hbond substituents is 1. The van der Waals surface area contributed by atoms with Gasteiger partial charge in [-0.1, -0.05) is 56.3 Å². The Bertz CT molecular complexity index is 487. The first-order valence-electron chi connectivity index (χ1n) is 6.98. The third kappa shape index (κ3) is 4.13. The molecule has 0 unspecified atom stereocenters. The fraction of sp³-hybridized carbons (Fsp3) is 0.333. The van der Waals surface area contributed by atoms with Crippen LogP contribution >= 0.6 is 0 Å². The summed E-state index contributed by atoms with van der Waals surface area (Å²) >= 11 is 0. The van der Waals surface area contributed by atoms with Crippen molar-refractivity contribution in [3.05, 3.63) is 65.7 Å². The van der Waals surface area contributed by atoms with Crippen molar-refractivity contribution in [2.75, 3.05) is 0 Å². The summed E-state index contributed by atoms with van der Waals surface area (Å²) in [6.45, 7) is 4.59. The van der Waals surface area contributed by atoms with Gasteiger partial charge in [-0.05, 0) is 47.9 Å². The van der Waals surface area contributed by atoms with Gasteiger partial charge in [0, 0.05) is 0 Å². The molecule has 2 rings (SSSR count). The highest BCUT2D eigenvalue weighted by Crippen LogP contribution is 2.25. The summed E-state index contributed by atoms with van der Waals surface area (Å²) in [4.78, 5) is 0. The van der Waals surface area contributed by atoms with Crippen molar-refractivity contribution in [1.82, 2.24) is 0 Å². The van der Waals surface area contributed by atoms with Gasteiger partial charge in [0.25, 0.3) is 0 Å². The Morgan fingerprint density at radius 3 is 2.16 bits per heavy atom. The third-order valence-corrected chi connectivity index (χ3v) is 3.65. The van der Waals surface area contributed by atoms with Gasteiger partial charge in [-0.25, -0.2) is 0 Å². The zero-order valence-corrected chi connectivity index (χ0v) is 11.7. The van der Waals surface area contributed by atoms with E-state index < -0.39 is 0 Å².